The first-order valence-corrected chi connectivity index (χ1v) is 8.33. The minimum atomic E-state index is -0.0114. The van der Waals surface area contributed by atoms with Gasteiger partial charge >= 0.3 is 0 Å². The van der Waals surface area contributed by atoms with Crippen LogP contribution in [0.1, 0.15) is 17.3 Å². The number of carbonyl (C=O) groups is 1. The zero-order valence-corrected chi connectivity index (χ0v) is 15.0. The van der Waals surface area contributed by atoms with E-state index >= 15 is 0 Å². The summed E-state index contributed by atoms with van der Waals surface area (Å²) in [5.41, 5.74) is 1.99. The molecule has 0 bridgehead atoms. The van der Waals surface area contributed by atoms with Crippen LogP contribution in [0, 0.1) is 0 Å². The molecule has 0 aliphatic rings. The largest absolute Gasteiger partial charge is 0.507 e. The van der Waals surface area contributed by atoms with E-state index in [1.807, 2.05) is 38.1 Å². The minimum absolute atomic E-state index is 0.0114. The average molecular weight is 347 g/mol. The number of rotatable bonds is 6. The molecule has 24 heavy (non-hydrogen) atoms. The van der Waals surface area contributed by atoms with Crippen LogP contribution in [-0.4, -0.2) is 54.5 Å². The highest BCUT2D eigenvalue weighted by Crippen LogP contribution is 2.32. The lowest BCUT2D eigenvalue weighted by Gasteiger charge is -2.23. The SMILES string of the molecule is CCN(CCN(C)C)C(=O)c1cccc(-c2cc(Cl)ccc2O)c1. The van der Waals surface area contributed by atoms with Crippen molar-refractivity contribution in [1.29, 1.82) is 0 Å². The maximum absolute atomic E-state index is 12.7. The maximum Gasteiger partial charge on any atom is 0.253 e. The highest BCUT2D eigenvalue weighted by Gasteiger charge is 2.15. The zero-order chi connectivity index (χ0) is 17.7. The van der Waals surface area contributed by atoms with E-state index < -0.39 is 0 Å². The first kappa shape index (κ1) is 18.3. The lowest BCUT2D eigenvalue weighted by molar-refractivity contribution is 0.0754. The van der Waals surface area contributed by atoms with E-state index in [1.165, 1.54) is 0 Å². The maximum atomic E-state index is 12.7. The van der Waals surface area contributed by atoms with Crippen LogP contribution in [0.4, 0.5) is 0 Å². The molecule has 0 saturated carbocycles. The molecule has 0 aromatic heterocycles. The molecule has 1 N–H and O–H groups in total. The molecule has 5 heteroatoms. The standard InChI is InChI=1S/C19H23ClN2O2/c1-4-22(11-10-21(2)3)19(24)15-7-5-6-14(12-15)17-13-16(20)8-9-18(17)23/h5-9,12-13,23H,4,10-11H2,1-3H3. The Morgan fingerprint density at radius 2 is 1.88 bits per heavy atom. The Bertz CT molecular complexity index is 716. The quantitative estimate of drug-likeness (QED) is 0.866. The number of nitrogens with zero attached hydrogens (tertiary/aromatic N) is 2. The number of hydrogen-bond acceptors (Lipinski definition) is 3. The van der Waals surface area contributed by atoms with Crippen molar-refractivity contribution in [3.8, 4) is 16.9 Å². The number of carbonyl (C=O) groups excluding carboxylic acids is 1. The molecule has 2 aromatic rings. The lowest BCUT2D eigenvalue weighted by Crippen LogP contribution is -2.36. The van der Waals surface area contributed by atoms with Crippen molar-refractivity contribution in [2.45, 2.75) is 6.92 Å². The summed E-state index contributed by atoms with van der Waals surface area (Å²) in [5, 5.41) is 10.6. The molecule has 0 spiro atoms. The number of hydrogen-bond donors (Lipinski definition) is 1. The Hall–Kier alpha value is -2.04. The molecule has 2 aromatic carbocycles. The summed E-state index contributed by atoms with van der Waals surface area (Å²) in [7, 11) is 3.97. The van der Waals surface area contributed by atoms with Gasteiger partial charge < -0.3 is 14.9 Å². The van der Waals surface area contributed by atoms with Crippen molar-refractivity contribution in [2.75, 3.05) is 33.7 Å². The van der Waals surface area contributed by atoms with Gasteiger partial charge in [0.05, 0.1) is 0 Å². The Kier molecular flexibility index (Phi) is 6.23. The molecule has 2 rings (SSSR count). The van der Waals surface area contributed by atoms with Gasteiger partial charge in [-0.05, 0) is 56.9 Å². The molecular formula is C19H23ClN2O2. The molecule has 128 valence electrons. The van der Waals surface area contributed by atoms with Crippen LogP contribution in [0.3, 0.4) is 0 Å². The summed E-state index contributed by atoms with van der Waals surface area (Å²) in [6, 6.07) is 12.2. The number of halogens is 1. The fourth-order valence-corrected chi connectivity index (χ4v) is 2.64. The van der Waals surface area contributed by atoms with E-state index in [2.05, 4.69) is 4.90 Å². The molecule has 0 atom stereocenters. The molecule has 4 nitrogen and oxygen atoms in total. The Balaban J connectivity index is 2.29. The normalized spacial score (nSPS) is 10.9. The van der Waals surface area contributed by atoms with E-state index in [-0.39, 0.29) is 11.7 Å². The first-order chi connectivity index (χ1) is 11.4. The Morgan fingerprint density at radius 1 is 1.12 bits per heavy atom. The van der Waals surface area contributed by atoms with E-state index in [4.69, 9.17) is 11.6 Å². The van der Waals surface area contributed by atoms with Gasteiger partial charge in [-0.2, -0.15) is 0 Å². The van der Waals surface area contributed by atoms with Crippen LogP contribution >= 0.6 is 11.6 Å². The van der Waals surface area contributed by atoms with Crippen molar-refractivity contribution in [3.05, 3.63) is 53.1 Å². The van der Waals surface area contributed by atoms with Crippen molar-refractivity contribution < 1.29 is 9.90 Å². The topological polar surface area (TPSA) is 43.8 Å². The van der Waals surface area contributed by atoms with Gasteiger partial charge in [0.15, 0.2) is 0 Å². The van der Waals surface area contributed by atoms with Crippen LogP contribution in [0.2, 0.25) is 5.02 Å². The second-order valence-electron chi connectivity index (χ2n) is 5.93. The second-order valence-corrected chi connectivity index (χ2v) is 6.37. The molecule has 1 amide bonds. The molecule has 0 heterocycles. The van der Waals surface area contributed by atoms with Gasteiger partial charge in [0.1, 0.15) is 5.75 Å². The third-order valence-corrected chi connectivity index (χ3v) is 4.10. The lowest BCUT2D eigenvalue weighted by atomic mass is 10.0. The molecule has 0 radical (unpaired) electrons. The third kappa shape index (κ3) is 4.49. The van der Waals surface area contributed by atoms with Crippen molar-refractivity contribution >= 4 is 17.5 Å². The van der Waals surface area contributed by atoms with Crippen LogP contribution in [-0.2, 0) is 0 Å². The summed E-state index contributed by atoms with van der Waals surface area (Å²) < 4.78 is 0. The average Bonchev–Trinajstić information content (AvgIpc) is 2.57. The number of phenols is 1. The van der Waals surface area contributed by atoms with Crippen LogP contribution < -0.4 is 0 Å². The van der Waals surface area contributed by atoms with Crippen LogP contribution in [0.15, 0.2) is 42.5 Å². The zero-order valence-electron chi connectivity index (χ0n) is 14.3. The fraction of sp³-hybridized carbons (Fsp3) is 0.316. The van der Waals surface area contributed by atoms with Gasteiger partial charge in [0, 0.05) is 35.8 Å². The second kappa shape index (κ2) is 8.18. The van der Waals surface area contributed by atoms with Crippen LogP contribution in [0.5, 0.6) is 5.75 Å². The van der Waals surface area contributed by atoms with Crippen molar-refractivity contribution in [1.82, 2.24) is 9.80 Å². The number of likely N-dealkylation sites (N-methyl/N-ethyl adjacent to an activating group) is 2. The predicted molar refractivity (Wildman–Crippen MR) is 98.7 cm³/mol. The van der Waals surface area contributed by atoms with Gasteiger partial charge in [-0.25, -0.2) is 0 Å². The molecule has 0 saturated heterocycles. The summed E-state index contributed by atoms with van der Waals surface area (Å²) in [5.74, 6) is 0.131. The minimum Gasteiger partial charge on any atom is -0.507 e. The Morgan fingerprint density at radius 3 is 2.54 bits per heavy atom. The van der Waals surface area contributed by atoms with Gasteiger partial charge in [0.25, 0.3) is 5.91 Å². The van der Waals surface area contributed by atoms with Gasteiger partial charge in [0.2, 0.25) is 0 Å². The van der Waals surface area contributed by atoms with Gasteiger partial charge in [-0.1, -0.05) is 23.7 Å². The van der Waals surface area contributed by atoms with E-state index in [9.17, 15) is 9.90 Å². The monoisotopic (exact) mass is 346 g/mol. The molecular weight excluding hydrogens is 324 g/mol. The molecule has 0 aliphatic carbocycles. The predicted octanol–water partition coefficient (Wildman–Crippen LogP) is 3.74. The molecule has 0 unspecified atom stereocenters. The number of amides is 1. The Labute approximate surface area is 148 Å². The highest BCUT2D eigenvalue weighted by molar-refractivity contribution is 6.31. The van der Waals surface area contributed by atoms with Crippen LogP contribution in [0.25, 0.3) is 11.1 Å². The summed E-state index contributed by atoms with van der Waals surface area (Å²) in [4.78, 5) is 16.6. The third-order valence-electron chi connectivity index (χ3n) is 3.87. The highest BCUT2D eigenvalue weighted by atomic mass is 35.5. The summed E-state index contributed by atoms with van der Waals surface area (Å²) in [6.07, 6.45) is 0. The van der Waals surface area contributed by atoms with Gasteiger partial charge in [-0.15, -0.1) is 0 Å². The van der Waals surface area contributed by atoms with E-state index in [1.54, 1.807) is 30.3 Å². The number of benzene rings is 2. The molecule has 0 aliphatic heterocycles. The van der Waals surface area contributed by atoms with Gasteiger partial charge in [-0.3, -0.25) is 4.79 Å². The smallest absolute Gasteiger partial charge is 0.253 e. The summed E-state index contributed by atoms with van der Waals surface area (Å²) in [6.45, 7) is 4.11. The van der Waals surface area contributed by atoms with E-state index in [0.717, 1.165) is 12.1 Å². The number of aromatic hydroxyl groups is 1. The molecule has 0 fully saturated rings. The summed E-state index contributed by atoms with van der Waals surface area (Å²) >= 11 is 6.02. The number of phenolic OH excluding ortho intramolecular Hbond substituents is 1. The fourth-order valence-electron chi connectivity index (χ4n) is 2.47. The van der Waals surface area contributed by atoms with Crippen molar-refractivity contribution in [2.24, 2.45) is 0 Å². The van der Waals surface area contributed by atoms with Crippen molar-refractivity contribution in [3.63, 3.8) is 0 Å². The van der Waals surface area contributed by atoms with E-state index in [0.29, 0.717) is 29.2 Å². The first-order valence-electron chi connectivity index (χ1n) is 7.95.